The second-order valence-corrected chi connectivity index (χ2v) is 5.42. The van der Waals surface area contributed by atoms with Crippen molar-refractivity contribution in [3.8, 4) is 5.75 Å². The van der Waals surface area contributed by atoms with Crippen LogP contribution < -0.4 is 10.3 Å². The van der Waals surface area contributed by atoms with E-state index in [1.165, 1.54) is 18.3 Å². The number of benzene rings is 1. The molecule has 1 N–H and O–H groups in total. The fraction of sp³-hybridized carbons (Fsp3) is 0.133. The van der Waals surface area contributed by atoms with Crippen molar-refractivity contribution in [3.63, 3.8) is 0 Å². The Bertz CT molecular complexity index is 849. The number of fused-ring (bicyclic) bond motifs is 1. The molecule has 6 heteroatoms. The predicted molar refractivity (Wildman–Crippen MR) is 81.0 cm³/mol. The minimum Gasteiger partial charge on any atom is -0.486 e. The number of nitrogens with one attached hydrogen (secondary N) is 1. The molecule has 0 amide bonds. The quantitative estimate of drug-likeness (QED) is 0.752. The van der Waals surface area contributed by atoms with E-state index in [-0.39, 0.29) is 17.9 Å². The van der Waals surface area contributed by atoms with Gasteiger partial charge in [0.15, 0.2) is 5.78 Å². The maximum Gasteiger partial charge on any atom is 0.259 e. The Morgan fingerprint density at radius 1 is 1.29 bits per heavy atom. The lowest BCUT2D eigenvalue weighted by molar-refractivity contribution is 0.101. The Morgan fingerprint density at radius 2 is 2.05 bits per heavy atom. The lowest BCUT2D eigenvalue weighted by atomic mass is 10.1. The lowest BCUT2D eigenvalue weighted by Gasteiger charge is -2.06. The van der Waals surface area contributed by atoms with Gasteiger partial charge in [0.05, 0.1) is 5.39 Å². The van der Waals surface area contributed by atoms with E-state index in [2.05, 4.69) is 9.97 Å². The largest absolute Gasteiger partial charge is 0.486 e. The molecule has 3 rings (SSSR count). The highest BCUT2D eigenvalue weighted by molar-refractivity contribution is 7.16. The third kappa shape index (κ3) is 2.85. The van der Waals surface area contributed by atoms with E-state index in [1.54, 1.807) is 30.3 Å². The van der Waals surface area contributed by atoms with Gasteiger partial charge in [0.1, 0.15) is 23.0 Å². The number of ketones is 1. The molecule has 1 aromatic carbocycles. The second-order valence-electron chi connectivity index (χ2n) is 4.52. The molecule has 0 spiro atoms. The van der Waals surface area contributed by atoms with Crippen LogP contribution >= 0.6 is 11.3 Å². The average molecular weight is 300 g/mol. The minimum absolute atomic E-state index is 0.00990. The molecule has 0 aliphatic heterocycles. The number of hydrogen-bond donors (Lipinski definition) is 1. The first kappa shape index (κ1) is 13.5. The van der Waals surface area contributed by atoms with Crippen molar-refractivity contribution < 1.29 is 9.53 Å². The molecule has 0 aliphatic carbocycles. The van der Waals surface area contributed by atoms with Crippen molar-refractivity contribution in [1.82, 2.24) is 9.97 Å². The van der Waals surface area contributed by atoms with Crippen molar-refractivity contribution in [1.29, 1.82) is 0 Å². The molecule has 3 aromatic rings. The first-order chi connectivity index (χ1) is 10.1. The molecule has 0 aliphatic rings. The van der Waals surface area contributed by atoms with Gasteiger partial charge in [-0.25, -0.2) is 4.98 Å². The predicted octanol–water partition coefficient (Wildman–Crippen LogP) is 2.77. The van der Waals surface area contributed by atoms with E-state index in [0.717, 1.165) is 0 Å². The minimum atomic E-state index is -0.160. The molecule has 0 unspecified atom stereocenters. The van der Waals surface area contributed by atoms with Crippen LogP contribution in [0.1, 0.15) is 23.1 Å². The molecule has 0 saturated heterocycles. The molecule has 0 radical (unpaired) electrons. The smallest absolute Gasteiger partial charge is 0.259 e. The molecule has 0 saturated carbocycles. The molecule has 5 nitrogen and oxygen atoms in total. The number of Topliss-reactive ketones (excluding diaryl/α,β-unsaturated/α-hetero) is 1. The summed E-state index contributed by atoms with van der Waals surface area (Å²) >= 11 is 1.42. The van der Waals surface area contributed by atoms with Crippen LogP contribution in [0.25, 0.3) is 10.2 Å². The topological polar surface area (TPSA) is 72.0 Å². The van der Waals surface area contributed by atoms with Crippen LogP contribution in [0.3, 0.4) is 0 Å². The summed E-state index contributed by atoms with van der Waals surface area (Å²) in [5.41, 5.74) is 0.473. The van der Waals surface area contributed by atoms with Gasteiger partial charge in [-0.15, -0.1) is 11.3 Å². The summed E-state index contributed by atoms with van der Waals surface area (Å²) in [5.74, 6) is 1.11. The fourth-order valence-electron chi connectivity index (χ4n) is 1.92. The van der Waals surface area contributed by atoms with Crippen molar-refractivity contribution in [2.75, 3.05) is 0 Å². The molecular formula is C15H12N2O3S. The maximum absolute atomic E-state index is 11.8. The van der Waals surface area contributed by atoms with E-state index in [1.807, 2.05) is 5.38 Å². The number of aromatic amines is 1. The van der Waals surface area contributed by atoms with Crippen LogP contribution in [0.4, 0.5) is 0 Å². The third-order valence-electron chi connectivity index (χ3n) is 3.02. The number of carbonyl (C=O) groups excluding carboxylic acids is 1. The van der Waals surface area contributed by atoms with Gasteiger partial charge in [0.25, 0.3) is 5.56 Å². The van der Waals surface area contributed by atoms with Crippen LogP contribution in [0.5, 0.6) is 5.75 Å². The Hall–Kier alpha value is -2.47. The molecule has 0 atom stereocenters. The fourth-order valence-corrected chi connectivity index (χ4v) is 2.70. The summed E-state index contributed by atoms with van der Waals surface area (Å²) in [4.78, 5) is 30.7. The van der Waals surface area contributed by atoms with Crippen molar-refractivity contribution in [3.05, 3.63) is 57.5 Å². The number of ether oxygens (including phenoxy) is 1. The van der Waals surface area contributed by atoms with Gasteiger partial charge in [-0.05, 0) is 42.6 Å². The SMILES string of the molecule is CC(=O)c1ccc(OCc2nc3sccc3c(=O)[nH]2)cc1. The first-order valence-corrected chi connectivity index (χ1v) is 7.21. The lowest BCUT2D eigenvalue weighted by Crippen LogP contribution is -2.12. The number of H-pyrrole nitrogens is 1. The van der Waals surface area contributed by atoms with Gasteiger partial charge in [-0.3, -0.25) is 9.59 Å². The van der Waals surface area contributed by atoms with E-state index >= 15 is 0 Å². The summed E-state index contributed by atoms with van der Waals surface area (Å²) in [6.07, 6.45) is 0. The van der Waals surface area contributed by atoms with Crippen molar-refractivity contribution in [2.24, 2.45) is 0 Å². The summed E-state index contributed by atoms with van der Waals surface area (Å²) in [6.45, 7) is 1.68. The zero-order valence-corrected chi connectivity index (χ0v) is 12.1. The molecule has 2 heterocycles. The average Bonchev–Trinajstić information content (AvgIpc) is 2.94. The van der Waals surface area contributed by atoms with Crippen LogP contribution in [0.2, 0.25) is 0 Å². The Kier molecular flexibility index (Phi) is 3.53. The van der Waals surface area contributed by atoms with E-state index in [9.17, 15) is 9.59 Å². The van der Waals surface area contributed by atoms with Gasteiger partial charge in [0.2, 0.25) is 0 Å². The summed E-state index contributed by atoms with van der Waals surface area (Å²) in [7, 11) is 0. The molecule has 0 bridgehead atoms. The maximum atomic E-state index is 11.8. The standard InChI is InChI=1S/C15H12N2O3S/c1-9(18)10-2-4-11(5-3-10)20-8-13-16-14(19)12-6-7-21-15(12)17-13/h2-7H,8H2,1H3,(H,16,17,19). The van der Waals surface area contributed by atoms with Gasteiger partial charge >= 0.3 is 0 Å². The van der Waals surface area contributed by atoms with Crippen LogP contribution in [0, 0.1) is 0 Å². The van der Waals surface area contributed by atoms with Crippen LogP contribution in [0.15, 0.2) is 40.5 Å². The Labute approximate surface area is 124 Å². The van der Waals surface area contributed by atoms with E-state index in [4.69, 9.17) is 4.74 Å². The van der Waals surface area contributed by atoms with Gasteiger partial charge < -0.3 is 9.72 Å². The summed E-state index contributed by atoms with van der Waals surface area (Å²) in [6, 6.07) is 8.60. The second kappa shape index (κ2) is 5.49. The van der Waals surface area contributed by atoms with Gasteiger partial charge in [-0.2, -0.15) is 0 Å². The Morgan fingerprint density at radius 3 is 2.76 bits per heavy atom. The number of hydrogen-bond acceptors (Lipinski definition) is 5. The highest BCUT2D eigenvalue weighted by Crippen LogP contribution is 2.16. The van der Waals surface area contributed by atoms with Crippen LogP contribution in [-0.2, 0) is 6.61 Å². The van der Waals surface area contributed by atoms with Gasteiger partial charge in [-0.1, -0.05) is 0 Å². The number of thiophene rings is 1. The summed E-state index contributed by atoms with van der Waals surface area (Å²) < 4.78 is 5.57. The van der Waals surface area contributed by atoms with Crippen LogP contribution in [-0.4, -0.2) is 15.8 Å². The van der Waals surface area contributed by atoms with Crippen molar-refractivity contribution in [2.45, 2.75) is 13.5 Å². The number of aromatic nitrogens is 2. The molecule has 2 aromatic heterocycles. The zero-order valence-electron chi connectivity index (χ0n) is 11.3. The number of rotatable bonds is 4. The highest BCUT2D eigenvalue weighted by atomic mass is 32.1. The van der Waals surface area contributed by atoms with Gasteiger partial charge in [0, 0.05) is 5.56 Å². The molecule has 106 valence electrons. The molecular weight excluding hydrogens is 288 g/mol. The Balaban J connectivity index is 1.76. The number of nitrogens with zero attached hydrogens (tertiary/aromatic N) is 1. The normalized spacial score (nSPS) is 10.7. The van der Waals surface area contributed by atoms with E-state index < -0.39 is 0 Å². The number of carbonyl (C=O) groups is 1. The van der Waals surface area contributed by atoms with E-state index in [0.29, 0.717) is 27.4 Å². The molecule has 0 fully saturated rings. The van der Waals surface area contributed by atoms with Crippen molar-refractivity contribution >= 4 is 27.3 Å². The zero-order chi connectivity index (χ0) is 14.8. The first-order valence-electron chi connectivity index (χ1n) is 6.34. The third-order valence-corrected chi connectivity index (χ3v) is 3.83. The summed E-state index contributed by atoms with van der Waals surface area (Å²) in [5, 5.41) is 2.42. The highest BCUT2D eigenvalue weighted by Gasteiger charge is 2.06. The monoisotopic (exact) mass is 300 g/mol. The molecule has 21 heavy (non-hydrogen) atoms.